The fourth-order valence-electron chi connectivity index (χ4n) is 2.01. The number of esters is 1. The molecule has 0 saturated heterocycles. The highest BCUT2D eigenvalue weighted by Gasteiger charge is 2.31. The second kappa shape index (κ2) is 8.20. The number of hydrogen-bond donors (Lipinski definition) is 0. The van der Waals surface area contributed by atoms with Crippen molar-refractivity contribution in [1.82, 2.24) is 4.90 Å². The molecule has 0 rings (SSSR count). The van der Waals surface area contributed by atoms with Gasteiger partial charge in [0.2, 0.25) is 5.91 Å². The Morgan fingerprint density at radius 1 is 1.19 bits per heavy atom. The van der Waals surface area contributed by atoms with Crippen LogP contribution in [-0.4, -0.2) is 30.4 Å². The molecule has 122 valence electrons. The molecular formula is C17H31NO3. The summed E-state index contributed by atoms with van der Waals surface area (Å²) in [5, 5.41) is 0. The lowest BCUT2D eigenvalue weighted by Gasteiger charge is -2.31. The van der Waals surface area contributed by atoms with Crippen LogP contribution in [-0.2, 0) is 14.3 Å². The van der Waals surface area contributed by atoms with Gasteiger partial charge in [-0.15, -0.1) is 0 Å². The van der Waals surface area contributed by atoms with Crippen LogP contribution in [0, 0.1) is 11.3 Å². The molecule has 0 bridgehead atoms. The van der Waals surface area contributed by atoms with E-state index in [2.05, 4.69) is 13.8 Å². The van der Waals surface area contributed by atoms with Crippen molar-refractivity contribution in [3.63, 3.8) is 0 Å². The molecule has 0 aliphatic carbocycles. The van der Waals surface area contributed by atoms with E-state index in [0.29, 0.717) is 24.5 Å². The Kier molecular flexibility index (Phi) is 7.69. The number of carbonyl (C=O) groups excluding carboxylic acids is 2. The molecule has 4 nitrogen and oxygen atoms in total. The summed E-state index contributed by atoms with van der Waals surface area (Å²) in [5.41, 5.74) is 0.842. The first-order valence-corrected chi connectivity index (χ1v) is 7.73. The van der Waals surface area contributed by atoms with Crippen LogP contribution < -0.4 is 0 Å². The first-order chi connectivity index (χ1) is 9.58. The van der Waals surface area contributed by atoms with E-state index in [1.165, 1.54) is 0 Å². The molecule has 0 aromatic carbocycles. The monoisotopic (exact) mass is 297 g/mol. The fraction of sp³-hybridized carbons (Fsp3) is 0.765. The SMILES string of the molecule is CCOC(=O)C(C)=C(CC(C)C)N(C)C(=O)C(C)(C)CC. The normalized spacial score (nSPS) is 13.0. The van der Waals surface area contributed by atoms with E-state index in [9.17, 15) is 9.59 Å². The van der Waals surface area contributed by atoms with Crippen LogP contribution in [0.2, 0.25) is 0 Å². The smallest absolute Gasteiger partial charge is 0.335 e. The minimum Gasteiger partial charge on any atom is -0.463 e. The summed E-state index contributed by atoms with van der Waals surface area (Å²) in [6.45, 7) is 13.8. The summed E-state index contributed by atoms with van der Waals surface area (Å²) in [6.07, 6.45) is 1.43. The van der Waals surface area contributed by atoms with Gasteiger partial charge < -0.3 is 9.64 Å². The first kappa shape index (κ1) is 19.7. The van der Waals surface area contributed by atoms with E-state index < -0.39 is 5.41 Å². The van der Waals surface area contributed by atoms with Crippen molar-refractivity contribution >= 4 is 11.9 Å². The highest BCUT2D eigenvalue weighted by atomic mass is 16.5. The van der Waals surface area contributed by atoms with Crippen LogP contribution in [0.4, 0.5) is 0 Å². The Balaban J connectivity index is 5.57. The van der Waals surface area contributed by atoms with E-state index in [0.717, 1.165) is 12.1 Å². The summed E-state index contributed by atoms with van der Waals surface area (Å²) >= 11 is 0. The van der Waals surface area contributed by atoms with Gasteiger partial charge in [0.15, 0.2) is 0 Å². The Labute approximate surface area is 129 Å². The molecule has 0 aromatic rings. The first-order valence-electron chi connectivity index (χ1n) is 7.73. The predicted octanol–water partition coefficient (Wildman–Crippen LogP) is 3.76. The highest BCUT2D eigenvalue weighted by molar-refractivity contribution is 5.91. The molecule has 4 heteroatoms. The van der Waals surface area contributed by atoms with Gasteiger partial charge in [-0.2, -0.15) is 0 Å². The summed E-state index contributed by atoms with van der Waals surface area (Å²) in [5.74, 6) is 0.0377. The summed E-state index contributed by atoms with van der Waals surface area (Å²) in [4.78, 5) is 26.3. The average molecular weight is 297 g/mol. The van der Waals surface area contributed by atoms with Crippen LogP contribution in [0.1, 0.15) is 61.3 Å². The zero-order valence-electron chi connectivity index (χ0n) is 14.9. The molecule has 0 aromatic heterocycles. The second-order valence-electron chi connectivity index (χ2n) is 6.49. The lowest BCUT2D eigenvalue weighted by atomic mass is 9.88. The van der Waals surface area contributed by atoms with Gasteiger partial charge in [0, 0.05) is 18.2 Å². The van der Waals surface area contributed by atoms with E-state index in [1.807, 2.05) is 20.8 Å². The Hall–Kier alpha value is -1.32. The van der Waals surface area contributed by atoms with Crippen LogP contribution in [0.25, 0.3) is 0 Å². The van der Waals surface area contributed by atoms with Gasteiger partial charge in [0.1, 0.15) is 0 Å². The molecule has 0 fully saturated rings. The molecule has 0 unspecified atom stereocenters. The van der Waals surface area contributed by atoms with Crippen molar-refractivity contribution in [1.29, 1.82) is 0 Å². The number of allylic oxidation sites excluding steroid dienone is 1. The molecule has 0 saturated carbocycles. The van der Waals surface area contributed by atoms with Crippen LogP contribution in [0.15, 0.2) is 11.3 Å². The van der Waals surface area contributed by atoms with Gasteiger partial charge in [-0.1, -0.05) is 34.6 Å². The van der Waals surface area contributed by atoms with Gasteiger partial charge >= 0.3 is 5.97 Å². The largest absolute Gasteiger partial charge is 0.463 e. The third-order valence-electron chi connectivity index (χ3n) is 3.79. The Bertz CT molecular complexity index is 408. The van der Waals surface area contributed by atoms with Crippen LogP contribution in [0.3, 0.4) is 0 Å². The van der Waals surface area contributed by atoms with E-state index in [4.69, 9.17) is 4.74 Å². The predicted molar refractivity (Wildman–Crippen MR) is 85.6 cm³/mol. The van der Waals surface area contributed by atoms with Crippen molar-refractivity contribution in [2.75, 3.05) is 13.7 Å². The summed E-state index contributed by atoms with van der Waals surface area (Å²) < 4.78 is 5.07. The number of carbonyl (C=O) groups is 2. The summed E-state index contributed by atoms with van der Waals surface area (Å²) in [6, 6.07) is 0. The standard InChI is InChI=1S/C17H31NO3/c1-9-17(6,7)16(20)18(8)14(11-12(3)4)13(5)15(19)21-10-2/h12H,9-11H2,1-8H3. The quantitative estimate of drug-likeness (QED) is 0.531. The number of ether oxygens (including phenoxy) is 1. The van der Waals surface area contributed by atoms with Crippen molar-refractivity contribution in [2.24, 2.45) is 11.3 Å². The highest BCUT2D eigenvalue weighted by Crippen LogP contribution is 2.27. The Morgan fingerprint density at radius 2 is 1.71 bits per heavy atom. The molecule has 0 heterocycles. The zero-order chi connectivity index (χ0) is 16.8. The number of amides is 1. The molecule has 0 aliphatic rings. The Morgan fingerprint density at radius 3 is 2.10 bits per heavy atom. The van der Waals surface area contributed by atoms with Gasteiger partial charge in [-0.3, -0.25) is 4.79 Å². The number of hydrogen-bond acceptors (Lipinski definition) is 3. The third-order valence-corrected chi connectivity index (χ3v) is 3.79. The van der Waals surface area contributed by atoms with Crippen molar-refractivity contribution in [2.45, 2.75) is 61.3 Å². The lowest BCUT2D eigenvalue weighted by Crippen LogP contribution is -2.38. The summed E-state index contributed by atoms with van der Waals surface area (Å²) in [7, 11) is 1.75. The topological polar surface area (TPSA) is 46.6 Å². The molecule has 0 N–H and O–H groups in total. The second-order valence-corrected chi connectivity index (χ2v) is 6.49. The van der Waals surface area contributed by atoms with Crippen LogP contribution in [0.5, 0.6) is 0 Å². The van der Waals surface area contributed by atoms with Crippen molar-refractivity contribution in [3.05, 3.63) is 11.3 Å². The van der Waals surface area contributed by atoms with Gasteiger partial charge in [0.25, 0.3) is 0 Å². The molecular weight excluding hydrogens is 266 g/mol. The van der Waals surface area contributed by atoms with E-state index in [1.54, 1.807) is 25.8 Å². The number of nitrogens with zero attached hydrogens (tertiary/aromatic N) is 1. The maximum absolute atomic E-state index is 12.6. The van der Waals surface area contributed by atoms with Gasteiger partial charge in [-0.25, -0.2) is 4.79 Å². The fourth-order valence-corrected chi connectivity index (χ4v) is 2.01. The molecule has 0 spiro atoms. The minimum atomic E-state index is -0.439. The lowest BCUT2D eigenvalue weighted by molar-refractivity contribution is -0.139. The molecule has 1 amide bonds. The maximum atomic E-state index is 12.6. The van der Waals surface area contributed by atoms with Crippen molar-refractivity contribution in [3.8, 4) is 0 Å². The molecule has 21 heavy (non-hydrogen) atoms. The van der Waals surface area contributed by atoms with Crippen molar-refractivity contribution < 1.29 is 14.3 Å². The molecule has 0 aliphatic heterocycles. The van der Waals surface area contributed by atoms with Gasteiger partial charge in [0.05, 0.1) is 12.2 Å². The zero-order valence-corrected chi connectivity index (χ0v) is 14.9. The van der Waals surface area contributed by atoms with E-state index >= 15 is 0 Å². The molecule has 0 radical (unpaired) electrons. The van der Waals surface area contributed by atoms with Gasteiger partial charge in [-0.05, 0) is 32.6 Å². The maximum Gasteiger partial charge on any atom is 0.335 e. The minimum absolute atomic E-state index is 0.0318. The van der Waals surface area contributed by atoms with E-state index in [-0.39, 0.29) is 11.9 Å². The molecule has 0 atom stereocenters. The van der Waals surface area contributed by atoms with Crippen LogP contribution >= 0.6 is 0 Å². The number of rotatable bonds is 7. The average Bonchev–Trinajstić information content (AvgIpc) is 2.42. The third kappa shape index (κ3) is 5.52.